The summed E-state index contributed by atoms with van der Waals surface area (Å²) in [5, 5.41) is 4.77. The molecule has 6 nitrogen and oxygen atoms in total. The van der Waals surface area contributed by atoms with Gasteiger partial charge in [0.2, 0.25) is 5.91 Å². The molecule has 0 saturated heterocycles. The van der Waals surface area contributed by atoms with E-state index in [4.69, 9.17) is 4.42 Å². The smallest absolute Gasteiger partial charge is 0.318 e. The third-order valence-electron chi connectivity index (χ3n) is 4.36. The Labute approximate surface area is 174 Å². The van der Waals surface area contributed by atoms with Crippen molar-refractivity contribution in [1.82, 2.24) is 15.1 Å². The number of nitrogens with one attached hydrogen (secondary N) is 1. The number of carbonyl (C=O) groups excluding carboxylic acids is 2. The van der Waals surface area contributed by atoms with Crippen molar-refractivity contribution in [2.24, 2.45) is 0 Å². The summed E-state index contributed by atoms with van der Waals surface area (Å²) in [6.45, 7) is 3.55. The lowest BCUT2D eigenvalue weighted by Crippen LogP contribution is -2.46. The second kappa shape index (κ2) is 10.5. The van der Waals surface area contributed by atoms with Crippen molar-refractivity contribution in [3.63, 3.8) is 0 Å². The van der Waals surface area contributed by atoms with Gasteiger partial charge in [0.25, 0.3) is 0 Å². The van der Waals surface area contributed by atoms with E-state index >= 15 is 0 Å². The summed E-state index contributed by atoms with van der Waals surface area (Å²) in [6, 6.07) is 17.1. The second-order valence-electron chi connectivity index (χ2n) is 6.59. The summed E-state index contributed by atoms with van der Waals surface area (Å²) in [5.74, 6) is 0.525. The summed E-state index contributed by atoms with van der Waals surface area (Å²) in [7, 11) is 0. The van der Waals surface area contributed by atoms with E-state index in [1.54, 1.807) is 34.6 Å². The minimum atomic E-state index is -0.284. The number of hydrogen-bond donors (Lipinski definition) is 1. The quantitative estimate of drug-likeness (QED) is 0.576. The van der Waals surface area contributed by atoms with E-state index in [0.717, 1.165) is 10.4 Å². The molecule has 1 aromatic carbocycles. The molecule has 0 fully saturated rings. The van der Waals surface area contributed by atoms with Crippen molar-refractivity contribution >= 4 is 23.3 Å². The Balaban J connectivity index is 1.75. The molecule has 0 aliphatic rings. The molecular weight excluding hydrogens is 386 g/mol. The number of carbonyl (C=O) groups is 2. The maximum Gasteiger partial charge on any atom is 0.318 e. The second-order valence-corrected chi connectivity index (χ2v) is 7.62. The Morgan fingerprint density at radius 2 is 1.79 bits per heavy atom. The summed E-state index contributed by atoms with van der Waals surface area (Å²) in [6.07, 6.45) is 1.56. The van der Waals surface area contributed by atoms with Crippen molar-refractivity contribution in [2.75, 3.05) is 13.1 Å². The molecule has 0 atom stereocenters. The summed E-state index contributed by atoms with van der Waals surface area (Å²) in [5.41, 5.74) is 1.05. The van der Waals surface area contributed by atoms with Gasteiger partial charge < -0.3 is 19.5 Å². The van der Waals surface area contributed by atoms with Crippen molar-refractivity contribution in [1.29, 1.82) is 0 Å². The summed E-state index contributed by atoms with van der Waals surface area (Å²) in [4.78, 5) is 30.1. The first-order valence-corrected chi connectivity index (χ1v) is 10.4. The number of benzene rings is 1. The van der Waals surface area contributed by atoms with Gasteiger partial charge in [-0.1, -0.05) is 36.4 Å². The molecule has 0 aliphatic heterocycles. The number of rotatable bonds is 9. The van der Waals surface area contributed by atoms with Crippen molar-refractivity contribution in [3.05, 3.63) is 82.4 Å². The SMILES string of the molecule is CCNC(=O)N(CC(=O)N(Cc1ccccc1)Cc1cccs1)Cc1ccco1. The fraction of sp³-hybridized carbons (Fsp3) is 0.273. The Bertz CT molecular complexity index is 879. The maximum atomic E-state index is 13.2. The monoisotopic (exact) mass is 411 g/mol. The van der Waals surface area contributed by atoms with Crippen LogP contribution in [0.25, 0.3) is 0 Å². The number of urea groups is 1. The highest BCUT2D eigenvalue weighted by Crippen LogP contribution is 2.16. The Morgan fingerprint density at radius 3 is 2.45 bits per heavy atom. The lowest BCUT2D eigenvalue weighted by Gasteiger charge is -2.27. The van der Waals surface area contributed by atoms with Gasteiger partial charge in [-0.2, -0.15) is 0 Å². The molecule has 3 rings (SSSR count). The molecule has 0 unspecified atom stereocenters. The van der Waals surface area contributed by atoms with Crippen molar-refractivity contribution in [2.45, 2.75) is 26.6 Å². The molecule has 0 aliphatic carbocycles. The fourth-order valence-electron chi connectivity index (χ4n) is 2.94. The van der Waals surface area contributed by atoms with Crippen LogP contribution in [0.1, 0.15) is 23.1 Å². The van der Waals surface area contributed by atoms with Crippen LogP contribution < -0.4 is 5.32 Å². The predicted octanol–water partition coefficient (Wildman–Crippen LogP) is 4.10. The van der Waals surface area contributed by atoms with Gasteiger partial charge in [0, 0.05) is 18.0 Å². The molecule has 2 heterocycles. The molecule has 0 saturated carbocycles. The van der Waals surface area contributed by atoms with E-state index in [1.165, 1.54) is 4.90 Å². The summed E-state index contributed by atoms with van der Waals surface area (Å²) >= 11 is 1.61. The predicted molar refractivity (Wildman–Crippen MR) is 113 cm³/mol. The zero-order chi connectivity index (χ0) is 20.5. The normalized spacial score (nSPS) is 10.5. The lowest BCUT2D eigenvalue weighted by molar-refractivity contribution is -0.133. The minimum Gasteiger partial charge on any atom is -0.467 e. The van der Waals surface area contributed by atoms with E-state index in [1.807, 2.05) is 54.8 Å². The molecule has 2 aromatic heterocycles. The standard InChI is InChI=1S/C22H25N3O3S/c1-2-23-22(27)25(15-19-10-6-12-28-19)17-21(26)24(16-20-11-7-13-29-20)14-18-8-4-3-5-9-18/h3-13H,2,14-17H2,1H3,(H,23,27). The van der Waals surface area contributed by atoms with Crippen LogP contribution in [0, 0.1) is 0 Å². The van der Waals surface area contributed by atoms with Crippen LogP contribution >= 0.6 is 11.3 Å². The van der Waals surface area contributed by atoms with Crippen LogP contribution in [-0.2, 0) is 24.4 Å². The molecule has 152 valence electrons. The molecule has 7 heteroatoms. The third kappa shape index (κ3) is 6.22. The molecule has 1 N–H and O–H groups in total. The highest BCUT2D eigenvalue weighted by molar-refractivity contribution is 7.09. The van der Waals surface area contributed by atoms with Gasteiger partial charge in [-0.15, -0.1) is 11.3 Å². The largest absolute Gasteiger partial charge is 0.467 e. The van der Waals surface area contributed by atoms with Gasteiger partial charge in [-0.3, -0.25) is 4.79 Å². The van der Waals surface area contributed by atoms with Crippen LogP contribution in [0.2, 0.25) is 0 Å². The van der Waals surface area contributed by atoms with E-state index in [0.29, 0.717) is 25.4 Å². The van der Waals surface area contributed by atoms with Gasteiger partial charge >= 0.3 is 6.03 Å². The molecule has 0 bridgehead atoms. The molecule has 29 heavy (non-hydrogen) atoms. The highest BCUT2D eigenvalue weighted by Gasteiger charge is 2.22. The summed E-state index contributed by atoms with van der Waals surface area (Å²) < 4.78 is 5.37. The van der Waals surface area contributed by atoms with E-state index in [-0.39, 0.29) is 25.0 Å². The average molecular weight is 412 g/mol. The number of thiophene rings is 1. The fourth-order valence-corrected chi connectivity index (χ4v) is 3.66. The molecule has 3 aromatic rings. The van der Waals surface area contributed by atoms with Crippen LogP contribution in [0.3, 0.4) is 0 Å². The first kappa shape index (κ1) is 20.7. The van der Waals surface area contributed by atoms with E-state index in [2.05, 4.69) is 5.32 Å². The van der Waals surface area contributed by atoms with Gasteiger partial charge in [0.1, 0.15) is 12.3 Å². The highest BCUT2D eigenvalue weighted by atomic mass is 32.1. The van der Waals surface area contributed by atoms with Crippen LogP contribution in [-0.4, -0.2) is 34.8 Å². The lowest BCUT2D eigenvalue weighted by atomic mass is 10.2. The van der Waals surface area contributed by atoms with Crippen LogP contribution in [0.4, 0.5) is 4.79 Å². The topological polar surface area (TPSA) is 65.8 Å². The Kier molecular flexibility index (Phi) is 7.47. The zero-order valence-corrected chi connectivity index (χ0v) is 17.2. The number of nitrogens with zero attached hydrogens (tertiary/aromatic N) is 2. The Hall–Kier alpha value is -3.06. The van der Waals surface area contributed by atoms with Crippen LogP contribution in [0.15, 0.2) is 70.7 Å². The van der Waals surface area contributed by atoms with E-state index in [9.17, 15) is 9.59 Å². The van der Waals surface area contributed by atoms with Crippen LogP contribution in [0.5, 0.6) is 0 Å². The number of hydrogen-bond acceptors (Lipinski definition) is 4. The first-order chi connectivity index (χ1) is 14.2. The van der Waals surface area contributed by atoms with Gasteiger partial charge in [-0.25, -0.2) is 4.79 Å². The molecule has 3 amide bonds. The molecular formula is C22H25N3O3S. The van der Waals surface area contributed by atoms with E-state index < -0.39 is 0 Å². The first-order valence-electron chi connectivity index (χ1n) is 9.55. The Morgan fingerprint density at radius 1 is 0.966 bits per heavy atom. The minimum absolute atomic E-state index is 0.0231. The van der Waals surface area contributed by atoms with Crippen molar-refractivity contribution in [3.8, 4) is 0 Å². The average Bonchev–Trinajstić information content (AvgIpc) is 3.42. The number of amides is 3. The van der Waals surface area contributed by atoms with Gasteiger partial charge in [-0.05, 0) is 36.1 Å². The molecule has 0 spiro atoms. The third-order valence-corrected chi connectivity index (χ3v) is 5.23. The maximum absolute atomic E-state index is 13.2. The van der Waals surface area contributed by atoms with Crippen molar-refractivity contribution < 1.29 is 14.0 Å². The number of furan rings is 1. The zero-order valence-electron chi connectivity index (χ0n) is 16.4. The van der Waals surface area contributed by atoms with Gasteiger partial charge in [0.05, 0.1) is 19.4 Å². The molecule has 0 radical (unpaired) electrons. The van der Waals surface area contributed by atoms with Gasteiger partial charge in [0.15, 0.2) is 0 Å².